The number of alkyl halides is 3. The van der Waals surface area contributed by atoms with E-state index in [0.29, 0.717) is 17.3 Å². The highest BCUT2D eigenvalue weighted by atomic mass is 35.5. The summed E-state index contributed by atoms with van der Waals surface area (Å²) in [5.74, 6) is -1.72. The molecule has 6 nitrogen and oxygen atoms in total. The van der Waals surface area contributed by atoms with Crippen LogP contribution in [0.4, 0.5) is 18.9 Å². The monoisotopic (exact) mass is 484 g/mol. The summed E-state index contributed by atoms with van der Waals surface area (Å²) in [5.41, 5.74) is -0.428. The highest BCUT2D eigenvalue weighted by molar-refractivity contribution is 7.07. The molecule has 3 rings (SSSR count). The quantitative estimate of drug-likeness (QED) is 0.509. The second-order valence-corrected chi connectivity index (χ2v) is 7.92. The molecule has 32 heavy (non-hydrogen) atoms. The van der Waals surface area contributed by atoms with Gasteiger partial charge in [-0.2, -0.15) is 13.2 Å². The van der Waals surface area contributed by atoms with Crippen LogP contribution in [0, 0.1) is 6.92 Å². The molecule has 168 valence electrons. The van der Waals surface area contributed by atoms with Crippen LogP contribution in [-0.4, -0.2) is 16.4 Å². The van der Waals surface area contributed by atoms with Crippen molar-refractivity contribution in [2.75, 3.05) is 5.32 Å². The minimum atomic E-state index is -4.71. The van der Waals surface area contributed by atoms with E-state index in [-0.39, 0.29) is 10.6 Å². The lowest BCUT2D eigenvalue weighted by Gasteiger charge is -2.19. The van der Waals surface area contributed by atoms with Crippen molar-refractivity contribution in [1.29, 1.82) is 0 Å². The molecule has 0 saturated heterocycles. The molecule has 0 saturated carbocycles. The normalized spacial score (nSPS) is 12.3. The predicted molar refractivity (Wildman–Crippen MR) is 114 cm³/mol. The largest absolute Gasteiger partial charge is 0.446 e. The number of anilines is 1. The maximum absolute atomic E-state index is 13.1. The number of benzene rings is 2. The number of amides is 1. The van der Waals surface area contributed by atoms with E-state index in [9.17, 15) is 27.6 Å². The maximum Gasteiger partial charge on any atom is 0.417 e. The number of esters is 1. The third-order valence-electron chi connectivity index (χ3n) is 4.39. The van der Waals surface area contributed by atoms with Gasteiger partial charge in [0.05, 0.1) is 10.6 Å². The number of nitrogens with one attached hydrogen (secondary N) is 1. The predicted octanol–water partition coefficient (Wildman–Crippen LogP) is 4.81. The van der Waals surface area contributed by atoms with E-state index in [1.54, 1.807) is 30.5 Å². The molecule has 3 aromatic rings. The van der Waals surface area contributed by atoms with Crippen molar-refractivity contribution in [3.63, 3.8) is 0 Å². The second-order valence-electron chi connectivity index (χ2n) is 6.69. The van der Waals surface area contributed by atoms with Crippen molar-refractivity contribution in [2.24, 2.45) is 0 Å². The molecule has 1 heterocycles. The van der Waals surface area contributed by atoms with Gasteiger partial charge in [0.1, 0.15) is 6.54 Å². The van der Waals surface area contributed by atoms with Gasteiger partial charge in [0.2, 0.25) is 6.10 Å². The number of carbonyl (C=O) groups excluding carboxylic acids is 2. The number of halogens is 4. The summed E-state index contributed by atoms with van der Waals surface area (Å²) >= 11 is 6.53. The van der Waals surface area contributed by atoms with Crippen LogP contribution >= 0.6 is 22.9 Å². The van der Waals surface area contributed by atoms with E-state index in [1.807, 2.05) is 0 Å². The van der Waals surface area contributed by atoms with Crippen molar-refractivity contribution < 1.29 is 27.5 Å². The fourth-order valence-electron chi connectivity index (χ4n) is 2.82. The Hall–Kier alpha value is -3.11. The summed E-state index contributed by atoms with van der Waals surface area (Å²) in [4.78, 5) is 36.8. The zero-order valence-electron chi connectivity index (χ0n) is 16.5. The third kappa shape index (κ3) is 5.57. The molecule has 0 spiro atoms. The summed E-state index contributed by atoms with van der Waals surface area (Å²) in [7, 11) is 0. The SMILES string of the molecule is Cc1csc(=O)n1CC(=O)O[C@H](C(=O)Nc1ccc(Cl)c(C(F)(F)F)c1)c1ccccc1. The lowest BCUT2D eigenvalue weighted by molar-refractivity contribution is -0.155. The number of nitrogens with zero attached hydrogens (tertiary/aromatic N) is 1. The Morgan fingerprint density at radius 2 is 1.88 bits per heavy atom. The molecular formula is C21H16ClF3N2O4S. The number of hydrogen-bond donors (Lipinski definition) is 1. The van der Waals surface area contributed by atoms with Crippen molar-refractivity contribution in [2.45, 2.75) is 25.7 Å². The van der Waals surface area contributed by atoms with Crippen LogP contribution in [0.25, 0.3) is 0 Å². The van der Waals surface area contributed by atoms with Crippen LogP contribution in [0.1, 0.15) is 22.9 Å². The third-order valence-corrected chi connectivity index (χ3v) is 5.60. The summed E-state index contributed by atoms with van der Waals surface area (Å²) < 4.78 is 45.9. The van der Waals surface area contributed by atoms with Crippen molar-refractivity contribution in [1.82, 2.24) is 4.57 Å². The Bertz CT molecular complexity index is 1190. The van der Waals surface area contributed by atoms with Crippen molar-refractivity contribution in [3.8, 4) is 0 Å². The summed E-state index contributed by atoms with van der Waals surface area (Å²) in [6.07, 6.45) is -6.17. The minimum absolute atomic E-state index is 0.173. The smallest absolute Gasteiger partial charge is 0.417 e. The zero-order chi connectivity index (χ0) is 23.5. The highest BCUT2D eigenvalue weighted by Gasteiger charge is 2.34. The molecule has 1 amide bonds. The van der Waals surface area contributed by atoms with Gasteiger partial charge >= 0.3 is 17.0 Å². The van der Waals surface area contributed by atoms with E-state index in [1.165, 1.54) is 22.8 Å². The second kappa shape index (κ2) is 9.58. The average molecular weight is 485 g/mol. The van der Waals surface area contributed by atoms with Crippen molar-refractivity contribution >= 4 is 40.5 Å². The fourth-order valence-corrected chi connectivity index (χ4v) is 3.78. The number of aromatic nitrogens is 1. The lowest BCUT2D eigenvalue weighted by Crippen LogP contribution is -2.29. The van der Waals surface area contributed by atoms with E-state index >= 15 is 0 Å². The molecule has 1 atom stereocenters. The van der Waals surface area contributed by atoms with Gasteiger partial charge in [-0.3, -0.25) is 19.0 Å². The lowest BCUT2D eigenvalue weighted by atomic mass is 10.1. The standard InChI is InChI=1S/C21H16ClF3N2O4S/c1-12-11-32-20(30)27(12)10-17(28)31-18(13-5-3-2-4-6-13)19(29)26-14-7-8-16(22)15(9-14)21(23,24)25/h2-9,11,18H,10H2,1H3,(H,26,29)/t18-/m0/s1. The van der Waals surface area contributed by atoms with Gasteiger partial charge in [0.15, 0.2) is 0 Å². The number of ether oxygens (including phenoxy) is 1. The van der Waals surface area contributed by atoms with Gasteiger partial charge in [-0.15, -0.1) is 0 Å². The molecule has 0 fully saturated rings. The van der Waals surface area contributed by atoms with Gasteiger partial charge in [0.25, 0.3) is 5.91 Å². The van der Waals surface area contributed by atoms with Gasteiger partial charge in [-0.25, -0.2) is 0 Å². The van der Waals surface area contributed by atoms with Gasteiger partial charge in [-0.05, 0) is 25.1 Å². The molecule has 0 unspecified atom stereocenters. The molecule has 0 aliphatic carbocycles. The van der Waals surface area contributed by atoms with Crippen molar-refractivity contribution in [3.05, 3.63) is 85.4 Å². The number of aryl methyl sites for hydroxylation is 1. The molecule has 0 aliphatic rings. The Morgan fingerprint density at radius 1 is 1.19 bits per heavy atom. The zero-order valence-corrected chi connectivity index (χ0v) is 18.1. The maximum atomic E-state index is 13.1. The first-order valence-corrected chi connectivity index (χ1v) is 10.4. The molecule has 0 radical (unpaired) electrons. The number of carbonyl (C=O) groups is 2. The molecule has 11 heteroatoms. The number of thiazole rings is 1. The molecule has 1 N–H and O–H groups in total. The Kier molecular flexibility index (Phi) is 7.05. The van der Waals surface area contributed by atoms with Gasteiger partial charge < -0.3 is 10.1 Å². The van der Waals surface area contributed by atoms with Gasteiger partial charge in [-0.1, -0.05) is 53.3 Å². The number of rotatable bonds is 6. The molecule has 0 aliphatic heterocycles. The molecular weight excluding hydrogens is 469 g/mol. The highest BCUT2D eigenvalue weighted by Crippen LogP contribution is 2.36. The van der Waals surface area contributed by atoms with Gasteiger partial charge in [0, 0.05) is 22.3 Å². The van der Waals surface area contributed by atoms with Crippen LogP contribution in [0.3, 0.4) is 0 Å². The van der Waals surface area contributed by atoms with E-state index in [0.717, 1.165) is 17.4 Å². The first-order chi connectivity index (χ1) is 15.1. The van der Waals surface area contributed by atoms with Crippen LogP contribution in [0.5, 0.6) is 0 Å². The Labute approximate surface area is 189 Å². The van der Waals surface area contributed by atoms with Crippen LogP contribution < -0.4 is 10.2 Å². The first kappa shape index (κ1) is 23.6. The molecule has 0 bridgehead atoms. The molecule has 2 aromatic carbocycles. The fraction of sp³-hybridized carbons (Fsp3) is 0.190. The Balaban J connectivity index is 1.84. The summed E-state index contributed by atoms with van der Waals surface area (Å²) in [6.45, 7) is 1.23. The number of hydrogen-bond acceptors (Lipinski definition) is 5. The van der Waals surface area contributed by atoms with E-state index in [2.05, 4.69) is 5.32 Å². The minimum Gasteiger partial charge on any atom is -0.446 e. The van der Waals surface area contributed by atoms with Crippen LogP contribution in [0.15, 0.2) is 58.7 Å². The van der Waals surface area contributed by atoms with Crippen LogP contribution in [-0.2, 0) is 27.0 Å². The first-order valence-electron chi connectivity index (χ1n) is 9.13. The molecule has 1 aromatic heterocycles. The summed E-state index contributed by atoms with van der Waals surface area (Å²) in [6, 6.07) is 10.9. The average Bonchev–Trinajstić information content (AvgIpc) is 3.05. The topological polar surface area (TPSA) is 77.4 Å². The van der Waals surface area contributed by atoms with Crippen LogP contribution in [0.2, 0.25) is 5.02 Å². The summed E-state index contributed by atoms with van der Waals surface area (Å²) in [5, 5.41) is 3.39. The Morgan fingerprint density at radius 3 is 2.47 bits per heavy atom. The van der Waals surface area contributed by atoms with E-state index in [4.69, 9.17) is 16.3 Å². The van der Waals surface area contributed by atoms with E-state index < -0.39 is 41.3 Å².